The van der Waals surface area contributed by atoms with Crippen LogP contribution in [0.1, 0.15) is 34.5 Å². The first-order chi connectivity index (χ1) is 16.5. The second-order valence-corrected chi connectivity index (χ2v) is 8.00. The number of benzene rings is 1. The summed E-state index contributed by atoms with van der Waals surface area (Å²) in [5, 5.41) is 14.2. The van der Waals surface area contributed by atoms with Crippen molar-refractivity contribution in [2.45, 2.75) is 32.0 Å². The van der Waals surface area contributed by atoms with Crippen LogP contribution in [0.4, 0.5) is 8.78 Å². The monoisotopic (exact) mass is 469 g/mol. The topological polar surface area (TPSA) is 86.5 Å². The Morgan fingerprint density at radius 3 is 2.85 bits per heavy atom. The summed E-state index contributed by atoms with van der Waals surface area (Å²) >= 11 is 0. The molecule has 2 aromatic heterocycles. The van der Waals surface area contributed by atoms with Crippen molar-refractivity contribution in [3.63, 3.8) is 0 Å². The van der Waals surface area contributed by atoms with E-state index in [4.69, 9.17) is 4.74 Å². The molecule has 0 radical (unpaired) electrons. The Kier molecular flexibility index (Phi) is 7.76. The van der Waals surface area contributed by atoms with Crippen LogP contribution >= 0.6 is 0 Å². The molecule has 1 saturated heterocycles. The highest BCUT2D eigenvalue weighted by molar-refractivity contribution is 5.95. The van der Waals surface area contributed by atoms with Gasteiger partial charge in [-0.2, -0.15) is 13.9 Å². The summed E-state index contributed by atoms with van der Waals surface area (Å²) in [5.74, 6) is -0.487. The molecule has 178 valence electrons. The molecule has 4 rings (SSSR count). The quantitative estimate of drug-likeness (QED) is 0.377. The summed E-state index contributed by atoms with van der Waals surface area (Å²) in [6, 6.07) is 10.8. The first-order valence-corrected chi connectivity index (χ1v) is 11.0. The van der Waals surface area contributed by atoms with Gasteiger partial charge in [0.1, 0.15) is 11.4 Å². The van der Waals surface area contributed by atoms with E-state index in [0.29, 0.717) is 25.2 Å². The molecule has 1 N–H and O–H groups in total. The van der Waals surface area contributed by atoms with Crippen LogP contribution in [0.15, 0.2) is 67.1 Å². The van der Waals surface area contributed by atoms with Crippen molar-refractivity contribution < 1.29 is 28.2 Å². The second kappa shape index (κ2) is 11.1. The first-order valence-electron chi connectivity index (χ1n) is 11.0. The number of hydrogen-bond acceptors (Lipinski definition) is 6. The number of hydrogen-bond donors (Lipinski definition) is 1. The summed E-state index contributed by atoms with van der Waals surface area (Å²) in [6.07, 6.45) is 8.54. The molecule has 1 aliphatic heterocycles. The number of carbonyl (C=O) groups is 1. The molecule has 0 bridgehead atoms. The SMILES string of the molecule is O=C(C/C=C/[C@H]1COCC[C@@H]1O)c1cc(Cc2ccc(-n3cccn3)cc2)c(OC(F)F)cn1. The lowest BCUT2D eigenvalue weighted by atomic mass is 9.97. The minimum Gasteiger partial charge on any atom is -0.433 e. The molecule has 7 nitrogen and oxygen atoms in total. The first kappa shape index (κ1) is 23.7. The third-order valence-electron chi connectivity index (χ3n) is 5.60. The summed E-state index contributed by atoms with van der Waals surface area (Å²) in [5.41, 5.74) is 2.31. The van der Waals surface area contributed by atoms with Gasteiger partial charge in [-0.05, 0) is 36.2 Å². The number of ketones is 1. The fourth-order valence-electron chi connectivity index (χ4n) is 3.77. The lowest BCUT2D eigenvalue weighted by Gasteiger charge is -2.25. The van der Waals surface area contributed by atoms with Crippen molar-refractivity contribution >= 4 is 5.78 Å². The number of carbonyl (C=O) groups excluding carboxylic acids is 1. The maximum atomic E-state index is 12.9. The van der Waals surface area contributed by atoms with Gasteiger partial charge >= 0.3 is 6.61 Å². The molecule has 1 fully saturated rings. The molecular formula is C25H25F2N3O4. The van der Waals surface area contributed by atoms with Gasteiger partial charge in [-0.15, -0.1) is 0 Å². The number of nitrogens with zero attached hydrogens (tertiary/aromatic N) is 3. The maximum absolute atomic E-state index is 12.9. The smallest absolute Gasteiger partial charge is 0.387 e. The Bertz CT molecular complexity index is 1120. The highest BCUT2D eigenvalue weighted by atomic mass is 19.3. The third-order valence-corrected chi connectivity index (χ3v) is 5.60. The van der Waals surface area contributed by atoms with Crippen molar-refractivity contribution in [3.8, 4) is 11.4 Å². The Balaban J connectivity index is 1.48. The van der Waals surface area contributed by atoms with Gasteiger partial charge in [0, 0.05) is 43.3 Å². The Morgan fingerprint density at radius 1 is 1.32 bits per heavy atom. The van der Waals surface area contributed by atoms with Crippen LogP contribution in [0.25, 0.3) is 5.69 Å². The van der Waals surface area contributed by atoms with Crippen molar-refractivity contribution in [1.29, 1.82) is 0 Å². The van der Waals surface area contributed by atoms with Crippen LogP contribution in [0, 0.1) is 5.92 Å². The molecule has 0 aliphatic carbocycles. The highest BCUT2D eigenvalue weighted by Crippen LogP contribution is 2.25. The van der Waals surface area contributed by atoms with Crippen LogP contribution in [0.2, 0.25) is 0 Å². The van der Waals surface area contributed by atoms with Crippen LogP contribution in [0.3, 0.4) is 0 Å². The zero-order valence-corrected chi connectivity index (χ0v) is 18.4. The molecule has 34 heavy (non-hydrogen) atoms. The van der Waals surface area contributed by atoms with Crippen LogP contribution in [-0.4, -0.2) is 51.6 Å². The van der Waals surface area contributed by atoms with Crippen LogP contribution < -0.4 is 4.74 Å². The average Bonchev–Trinajstić information content (AvgIpc) is 3.36. The van der Waals surface area contributed by atoms with Gasteiger partial charge in [0.25, 0.3) is 0 Å². The van der Waals surface area contributed by atoms with Gasteiger partial charge in [-0.1, -0.05) is 24.3 Å². The van der Waals surface area contributed by atoms with E-state index >= 15 is 0 Å². The standard InChI is InChI=1S/C25H25F2N3O4/c26-25(27)34-24-15-28-21(23(32)4-1-3-18-16-33-12-9-22(18)31)14-19(24)13-17-5-7-20(8-6-17)30-11-2-10-29-30/h1-3,5-8,10-11,14-15,18,22,25,31H,4,9,12-13,16H2/b3-1+/t18-,22-/m0/s1. The third kappa shape index (κ3) is 6.12. The minimum atomic E-state index is -3.00. The largest absolute Gasteiger partial charge is 0.433 e. The van der Waals surface area contributed by atoms with Gasteiger partial charge in [0.05, 0.1) is 24.6 Å². The van der Waals surface area contributed by atoms with Gasteiger partial charge < -0.3 is 14.6 Å². The molecule has 0 spiro atoms. The number of aliphatic hydroxyl groups is 1. The fraction of sp³-hybridized carbons (Fsp3) is 0.320. The van der Waals surface area contributed by atoms with Crippen LogP contribution in [0.5, 0.6) is 5.75 Å². The average molecular weight is 469 g/mol. The molecule has 0 unspecified atom stereocenters. The van der Waals surface area contributed by atoms with E-state index < -0.39 is 12.7 Å². The number of alkyl halides is 2. The number of allylic oxidation sites excluding steroid dienone is 1. The Morgan fingerprint density at radius 2 is 2.15 bits per heavy atom. The lowest BCUT2D eigenvalue weighted by Crippen LogP contribution is -2.30. The number of rotatable bonds is 9. The van der Waals surface area contributed by atoms with Crippen molar-refractivity contribution in [3.05, 3.63) is 84.0 Å². The number of aromatic nitrogens is 3. The normalized spacial score (nSPS) is 18.5. The summed E-state index contributed by atoms with van der Waals surface area (Å²) in [7, 11) is 0. The van der Waals surface area contributed by atoms with Gasteiger partial charge in [0.2, 0.25) is 0 Å². The van der Waals surface area contributed by atoms with Gasteiger partial charge in [-0.25, -0.2) is 9.67 Å². The fourth-order valence-corrected chi connectivity index (χ4v) is 3.77. The molecule has 2 atom stereocenters. The van der Waals surface area contributed by atoms with Crippen molar-refractivity contribution in [2.24, 2.45) is 5.92 Å². The second-order valence-electron chi connectivity index (χ2n) is 8.00. The molecule has 3 heterocycles. The van der Waals surface area contributed by atoms with Gasteiger partial charge in [-0.3, -0.25) is 4.79 Å². The number of halogens is 2. The van der Waals surface area contributed by atoms with E-state index in [2.05, 4.69) is 14.8 Å². The van der Waals surface area contributed by atoms with E-state index in [1.807, 2.05) is 36.5 Å². The molecule has 0 saturated carbocycles. The molecule has 0 amide bonds. The predicted molar refractivity (Wildman–Crippen MR) is 120 cm³/mol. The summed E-state index contributed by atoms with van der Waals surface area (Å²) < 4.78 is 37.5. The van der Waals surface area contributed by atoms with E-state index in [0.717, 1.165) is 17.4 Å². The molecule has 1 aliphatic rings. The van der Waals surface area contributed by atoms with Gasteiger partial charge in [0.15, 0.2) is 5.78 Å². The zero-order valence-electron chi connectivity index (χ0n) is 18.4. The lowest BCUT2D eigenvalue weighted by molar-refractivity contribution is -0.0506. The molecule has 3 aromatic rings. The van der Waals surface area contributed by atoms with Crippen molar-refractivity contribution in [1.82, 2.24) is 14.8 Å². The Hall–Kier alpha value is -3.43. The number of pyridine rings is 1. The number of Topliss-reactive ketones (excluding diaryl/α,β-unsaturated/α-hetero) is 1. The minimum absolute atomic E-state index is 0.0688. The predicted octanol–water partition coefficient (Wildman–Crippen LogP) is 3.99. The molecular weight excluding hydrogens is 444 g/mol. The van der Waals surface area contributed by atoms with E-state index in [9.17, 15) is 18.7 Å². The van der Waals surface area contributed by atoms with Crippen molar-refractivity contribution in [2.75, 3.05) is 13.2 Å². The number of ether oxygens (including phenoxy) is 2. The molecule has 1 aromatic carbocycles. The van der Waals surface area contributed by atoms with E-state index in [1.54, 1.807) is 23.0 Å². The highest BCUT2D eigenvalue weighted by Gasteiger charge is 2.21. The van der Waals surface area contributed by atoms with E-state index in [1.165, 1.54) is 6.07 Å². The van der Waals surface area contributed by atoms with E-state index in [-0.39, 0.29) is 36.0 Å². The van der Waals surface area contributed by atoms with Crippen LogP contribution in [-0.2, 0) is 11.2 Å². The number of aliphatic hydroxyl groups excluding tert-OH is 1. The molecule has 9 heteroatoms. The zero-order chi connectivity index (χ0) is 23.9. The maximum Gasteiger partial charge on any atom is 0.387 e. The summed E-state index contributed by atoms with van der Waals surface area (Å²) in [4.78, 5) is 16.7. The Labute approximate surface area is 195 Å². The summed E-state index contributed by atoms with van der Waals surface area (Å²) in [6.45, 7) is -2.07.